The number of amides is 1. The van der Waals surface area contributed by atoms with Crippen LogP contribution in [0.15, 0.2) is 41.3 Å². The van der Waals surface area contributed by atoms with Crippen LogP contribution in [0.25, 0.3) is 0 Å². The molecule has 0 aliphatic rings. The van der Waals surface area contributed by atoms with Crippen LogP contribution in [0, 0.1) is 5.82 Å². The Hall–Kier alpha value is -2.16. The second-order valence-corrected chi connectivity index (χ2v) is 8.62. The molecule has 0 aliphatic carbocycles. The maximum Gasteiger partial charge on any atom is 0.258 e. The molecule has 2 aromatic carbocycles. The molecule has 0 aliphatic heterocycles. The summed E-state index contributed by atoms with van der Waals surface area (Å²) in [6.45, 7) is 3.96. The van der Waals surface area contributed by atoms with E-state index in [2.05, 4.69) is 5.32 Å². The third kappa shape index (κ3) is 4.63. The fraction of sp³-hybridized carbons (Fsp3) is 0.316. The Morgan fingerprint density at radius 3 is 2.32 bits per heavy atom. The number of rotatable bonds is 7. The number of nitrogens with zero attached hydrogens (tertiary/aromatic N) is 2. The third-order valence-corrected chi connectivity index (χ3v) is 6.50. The van der Waals surface area contributed by atoms with E-state index in [4.69, 9.17) is 11.6 Å². The van der Waals surface area contributed by atoms with Gasteiger partial charge < -0.3 is 10.2 Å². The first-order chi connectivity index (χ1) is 13.1. The van der Waals surface area contributed by atoms with Gasteiger partial charge in [-0.15, -0.1) is 0 Å². The lowest BCUT2D eigenvalue weighted by Crippen LogP contribution is -2.31. The second-order valence-electron chi connectivity index (χ2n) is 6.24. The largest absolute Gasteiger partial charge is 0.376 e. The fourth-order valence-electron chi connectivity index (χ4n) is 2.74. The van der Waals surface area contributed by atoms with E-state index in [9.17, 15) is 17.6 Å². The Morgan fingerprint density at radius 1 is 1.11 bits per heavy atom. The lowest BCUT2D eigenvalue weighted by atomic mass is 10.2. The summed E-state index contributed by atoms with van der Waals surface area (Å²) < 4.78 is 40.9. The van der Waals surface area contributed by atoms with Crippen LogP contribution >= 0.6 is 11.6 Å². The molecular weight excluding hydrogens is 405 g/mol. The number of carbonyl (C=O) groups excluding carboxylic acids is 1. The maximum absolute atomic E-state index is 14.3. The van der Waals surface area contributed by atoms with Crippen LogP contribution in [0.3, 0.4) is 0 Å². The highest BCUT2D eigenvalue weighted by Gasteiger charge is 2.24. The standard InChI is InChI=1S/C19H23ClFN3O3S/c1-5-24(6-2)28(26,27)14-8-9-16(21)15(12-14)19(25)22-17-11-13(20)7-10-18(17)23(3)4/h7-12H,5-6H2,1-4H3,(H,22,25). The van der Waals surface area contributed by atoms with E-state index in [1.165, 1.54) is 4.31 Å². The van der Waals surface area contributed by atoms with Gasteiger partial charge in [0.05, 0.1) is 21.8 Å². The zero-order valence-corrected chi connectivity index (χ0v) is 17.7. The average Bonchev–Trinajstić information content (AvgIpc) is 2.62. The summed E-state index contributed by atoms with van der Waals surface area (Å²) in [5.74, 6) is -1.58. The predicted molar refractivity (Wildman–Crippen MR) is 110 cm³/mol. The SMILES string of the molecule is CCN(CC)S(=O)(=O)c1ccc(F)c(C(=O)Nc2cc(Cl)ccc2N(C)C)c1. The van der Waals surface area contributed by atoms with Gasteiger partial charge in [-0.05, 0) is 36.4 Å². The monoisotopic (exact) mass is 427 g/mol. The Balaban J connectivity index is 2.44. The van der Waals surface area contributed by atoms with Crippen molar-refractivity contribution in [2.75, 3.05) is 37.4 Å². The van der Waals surface area contributed by atoms with Crippen LogP contribution in [-0.4, -0.2) is 45.8 Å². The second kappa shape index (κ2) is 8.89. The lowest BCUT2D eigenvalue weighted by Gasteiger charge is -2.20. The Bertz CT molecular complexity index is 976. The van der Waals surface area contributed by atoms with Crippen molar-refractivity contribution in [3.63, 3.8) is 0 Å². The normalized spacial score (nSPS) is 11.5. The number of halogens is 2. The van der Waals surface area contributed by atoms with Crippen molar-refractivity contribution >= 4 is 38.9 Å². The molecule has 9 heteroatoms. The molecule has 0 saturated carbocycles. The van der Waals surface area contributed by atoms with Gasteiger partial charge in [-0.25, -0.2) is 12.8 Å². The Labute approximate surface area is 170 Å². The molecule has 152 valence electrons. The Morgan fingerprint density at radius 2 is 1.75 bits per heavy atom. The molecule has 2 aromatic rings. The van der Waals surface area contributed by atoms with Gasteiger partial charge in [-0.1, -0.05) is 25.4 Å². The van der Waals surface area contributed by atoms with E-state index >= 15 is 0 Å². The minimum Gasteiger partial charge on any atom is -0.376 e. The molecule has 28 heavy (non-hydrogen) atoms. The van der Waals surface area contributed by atoms with Gasteiger partial charge in [-0.3, -0.25) is 4.79 Å². The molecule has 1 N–H and O–H groups in total. The highest BCUT2D eigenvalue weighted by Crippen LogP contribution is 2.29. The van der Waals surface area contributed by atoms with Gasteiger partial charge in [0.15, 0.2) is 0 Å². The summed E-state index contributed by atoms with van der Waals surface area (Å²) in [7, 11) is -0.241. The smallest absolute Gasteiger partial charge is 0.258 e. The van der Waals surface area contributed by atoms with Crippen molar-refractivity contribution in [2.24, 2.45) is 0 Å². The number of hydrogen-bond donors (Lipinski definition) is 1. The number of anilines is 2. The summed E-state index contributed by atoms with van der Waals surface area (Å²) in [6, 6.07) is 8.13. The van der Waals surface area contributed by atoms with Crippen molar-refractivity contribution in [3.8, 4) is 0 Å². The number of nitrogens with one attached hydrogen (secondary N) is 1. The molecule has 0 atom stereocenters. The van der Waals surface area contributed by atoms with Crippen LogP contribution in [0.2, 0.25) is 5.02 Å². The van der Waals surface area contributed by atoms with Crippen molar-refractivity contribution < 1.29 is 17.6 Å². The van der Waals surface area contributed by atoms with Crippen molar-refractivity contribution in [2.45, 2.75) is 18.7 Å². The highest BCUT2D eigenvalue weighted by atomic mass is 35.5. The molecule has 0 spiro atoms. The van der Waals surface area contributed by atoms with Crippen molar-refractivity contribution in [1.82, 2.24) is 4.31 Å². The van der Waals surface area contributed by atoms with Crippen LogP contribution in [0.5, 0.6) is 0 Å². The molecule has 0 unspecified atom stereocenters. The van der Waals surface area contributed by atoms with Crippen LogP contribution < -0.4 is 10.2 Å². The number of carbonyl (C=O) groups is 1. The third-order valence-electron chi connectivity index (χ3n) is 4.21. The van der Waals surface area contributed by atoms with E-state index in [0.717, 1.165) is 18.2 Å². The van der Waals surface area contributed by atoms with Gasteiger partial charge in [0.1, 0.15) is 5.82 Å². The zero-order valence-electron chi connectivity index (χ0n) is 16.2. The molecule has 0 bridgehead atoms. The lowest BCUT2D eigenvalue weighted by molar-refractivity contribution is 0.102. The summed E-state index contributed by atoms with van der Waals surface area (Å²) in [4.78, 5) is 14.3. The average molecular weight is 428 g/mol. The molecule has 6 nitrogen and oxygen atoms in total. The van der Waals surface area contributed by atoms with Crippen LogP contribution in [0.4, 0.5) is 15.8 Å². The van der Waals surface area contributed by atoms with Crippen molar-refractivity contribution in [1.29, 1.82) is 0 Å². The molecule has 0 aromatic heterocycles. The number of benzene rings is 2. The molecule has 0 fully saturated rings. The molecule has 2 rings (SSSR count). The van der Waals surface area contributed by atoms with Gasteiger partial charge in [-0.2, -0.15) is 4.31 Å². The topological polar surface area (TPSA) is 69.7 Å². The van der Waals surface area contributed by atoms with E-state index in [1.807, 2.05) is 0 Å². The summed E-state index contributed by atoms with van der Waals surface area (Å²) >= 11 is 6.01. The van der Waals surface area contributed by atoms with Gasteiger partial charge >= 0.3 is 0 Å². The Kier molecular flexibility index (Phi) is 7.03. The first-order valence-corrected chi connectivity index (χ1v) is 10.5. The molecule has 1 amide bonds. The quantitative estimate of drug-likeness (QED) is 0.729. The van der Waals surface area contributed by atoms with Crippen LogP contribution in [0.1, 0.15) is 24.2 Å². The first-order valence-electron chi connectivity index (χ1n) is 8.69. The van der Waals surface area contributed by atoms with Crippen molar-refractivity contribution in [3.05, 3.63) is 52.8 Å². The van der Waals surface area contributed by atoms with E-state index in [1.54, 1.807) is 51.0 Å². The highest BCUT2D eigenvalue weighted by molar-refractivity contribution is 7.89. The maximum atomic E-state index is 14.3. The molecule has 0 heterocycles. The predicted octanol–water partition coefficient (Wildman–Crippen LogP) is 3.83. The summed E-state index contributed by atoms with van der Waals surface area (Å²) in [5.41, 5.74) is 0.696. The van der Waals surface area contributed by atoms with E-state index in [0.29, 0.717) is 16.4 Å². The fourth-order valence-corrected chi connectivity index (χ4v) is 4.40. The summed E-state index contributed by atoms with van der Waals surface area (Å²) in [6.07, 6.45) is 0. The number of sulfonamides is 1. The number of hydrogen-bond acceptors (Lipinski definition) is 4. The molecule has 0 radical (unpaired) electrons. The first kappa shape index (κ1) is 22.1. The minimum atomic E-state index is -3.82. The van der Waals surface area contributed by atoms with E-state index in [-0.39, 0.29) is 23.5 Å². The summed E-state index contributed by atoms with van der Waals surface area (Å²) in [5, 5.41) is 3.01. The van der Waals surface area contributed by atoms with Crippen LogP contribution in [-0.2, 0) is 10.0 Å². The van der Waals surface area contributed by atoms with Gasteiger partial charge in [0, 0.05) is 32.2 Å². The molecular formula is C19H23ClFN3O3S. The minimum absolute atomic E-state index is 0.137. The molecule has 0 saturated heterocycles. The van der Waals surface area contributed by atoms with Gasteiger partial charge in [0.2, 0.25) is 10.0 Å². The van der Waals surface area contributed by atoms with E-state index < -0.39 is 21.7 Å². The van der Waals surface area contributed by atoms with Gasteiger partial charge in [0.25, 0.3) is 5.91 Å². The zero-order chi connectivity index (χ0) is 21.1.